The van der Waals surface area contributed by atoms with Crippen LogP contribution in [-0.4, -0.2) is 30.8 Å². The lowest BCUT2D eigenvalue weighted by Crippen LogP contribution is -2.43. The molecule has 0 spiro atoms. The number of carbonyl (C=O) groups excluding carboxylic acids is 1. The maximum atomic E-state index is 13.6. The normalized spacial score (nSPS) is 17.0. The minimum atomic E-state index is -0.648. The fraction of sp³-hybridized carbons (Fsp3) is 0.208. The molecule has 2 aliphatic heterocycles. The molecule has 7 heteroatoms. The minimum Gasteiger partial charge on any atom is -0.504 e. The summed E-state index contributed by atoms with van der Waals surface area (Å²) < 4.78 is 16.9. The lowest BCUT2D eigenvalue weighted by Gasteiger charge is -2.38. The van der Waals surface area contributed by atoms with E-state index in [0.717, 1.165) is 0 Å². The monoisotopic (exact) mass is 418 g/mol. The first-order valence-corrected chi connectivity index (χ1v) is 10.2. The van der Waals surface area contributed by atoms with E-state index in [2.05, 4.69) is 5.32 Å². The quantitative estimate of drug-likeness (QED) is 0.656. The molecule has 0 aliphatic carbocycles. The van der Waals surface area contributed by atoms with Crippen LogP contribution in [0.5, 0.6) is 23.0 Å². The van der Waals surface area contributed by atoms with Crippen molar-refractivity contribution in [2.45, 2.75) is 13.1 Å². The number of phenolic OH excluding ortho intramolecular Hbond substituents is 1. The van der Waals surface area contributed by atoms with E-state index >= 15 is 0 Å². The molecule has 0 bridgehead atoms. The molecular weight excluding hydrogens is 396 g/mol. The maximum absolute atomic E-state index is 13.6. The van der Waals surface area contributed by atoms with Gasteiger partial charge in [-0.2, -0.15) is 0 Å². The van der Waals surface area contributed by atoms with Gasteiger partial charge in [-0.1, -0.05) is 24.3 Å². The molecule has 3 aromatic rings. The summed E-state index contributed by atoms with van der Waals surface area (Å²) in [7, 11) is 0. The van der Waals surface area contributed by atoms with Crippen molar-refractivity contribution in [1.29, 1.82) is 0 Å². The zero-order chi connectivity index (χ0) is 21.4. The van der Waals surface area contributed by atoms with E-state index in [1.54, 1.807) is 41.3 Å². The Morgan fingerprint density at radius 1 is 1.06 bits per heavy atom. The Balaban J connectivity index is 1.65. The number of para-hydroxylation sites is 2. The summed E-state index contributed by atoms with van der Waals surface area (Å²) in [5.41, 5.74) is 2.41. The Hall–Kier alpha value is -3.87. The minimum absolute atomic E-state index is 0.00317. The summed E-state index contributed by atoms with van der Waals surface area (Å²) in [5, 5.41) is 14.3. The summed E-state index contributed by atoms with van der Waals surface area (Å²) >= 11 is 0. The first-order valence-electron chi connectivity index (χ1n) is 10.2. The molecule has 3 aromatic carbocycles. The fourth-order valence-corrected chi connectivity index (χ4v) is 3.95. The number of phenols is 1. The predicted molar refractivity (Wildman–Crippen MR) is 116 cm³/mol. The number of carbonyl (C=O) groups is 1. The average Bonchev–Trinajstić information content (AvgIpc) is 2.80. The van der Waals surface area contributed by atoms with Gasteiger partial charge < -0.3 is 24.6 Å². The molecule has 0 fully saturated rings. The molecule has 5 rings (SSSR count). The van der Waals surface area contributed by atoms with Gasteiger partial charge >= 0.3 is 0 Å². The van der Waals surface area contributed by atoms with E-state index in [0.29, 0.717) is 59.6 Å². The Bertz CT molecular complexity index is 1150. The number of aromatic hydroxyl groups is 1. The van der Waals surface area contributed by atoms with Crippen LogP contribution in [0, 0.1) is 0 Å². The van der Waals surface area contributed by atoms with Gasteiger partial charge in [0.25, 0.3) is 5.91 Å². The lowest BCUT2D eigenvalue weighted by molar-refractivity contribution is 0.0974. The molecule has 1 atom stereocenters. The third kappa shape index (κ3) is 3.28. The van der Waals surface area contributed by atoms with Gasteiger partial charge in [0.2, 0.25) is 0 Å². The largest absolute Gasteiger partial charge is 0.504 e. The van der Waals surface area contributed by atoms with Crippen LogP contribution in [0.15, 0.2) is 60.7 Å². The van der Waals surface area contributed by atoms with E-state index in [-0.39, 0.29) is 11.7 Å². The van der Waals surface area contributed by atoms with Crippen LogP contribution in [0.4, 0.5) is 11.4 Å². The molecule has 2 aliphatic rings. The molecule has 0 radical (unpaired) electrons. The number of amides is 1. The molecule has 0 unspecified atom stereocenters. The average molecular weight is 418 g/mol. The maximum Gasteiger partial charge on any atom is 0.262 e. The summed E-state index contributed by atoms with van der Waals surface area (Å²) in [4.78, 5) is 15.2. The number of hydrogen-bond donors (Lipinski definition) is 2. The van der Waals surface area contributed by atoms with Crippen molar-refractivity contribution in [1.82, 2.24) is 0 Å². The summed E-state index contributed by atoms with van der Waals surface area (Å²) in [6.45, 7) is 3.21. The molecule has 2 heterocycles. The highest BCUT2D eigenvalue weighted by Crippen LogP contribution is 2.44. The van der Waals surface area contributed by atoms with E-state index in [9.17, 15) is 9.90 Å². The number of rotatable bonds is 4. The van der Waals surface area contributed by atoms with Crippen molar-refractivity contribution in [3.8, 4) is 23.0 Å². The molecule has 0 saturated heterocycles. The molecule has 1 amide bonds. The van der Waals surface area contributed by atoms with Crippen molar-refractivity contribution < 1.29 is 24.1 Å². The Morgan fingerprint density at radius 2 is 1.87 bits per heavy atom. The molecule has 2 N–H and O–H groups in total. The van der Waals surface area contributed by atoms with Crippen LogP contribution >= 0.6 is 0 Å². The number of ether oxygens (including phenoxy) is 3. The summed E-state index contributed by atoms with van der Waals surface area (Å²) in [6.07, 6.45) is -0.648. The van der Waals surface area contributed by atoms with Crippen molar-refractivity contribution in [2.75, 3.05) is 30.0 Å². The molecule has 158 valence electrons. The van der Waals surface area contributed by atoms with Crippen LogP contribution in [0.1, 0.15) is 29.0 Å². The lowest BCUT2D eigenvalue weighted by atomic mass is 10.0. The first-order chi connectivity index (χ1) is 15.2. The number of nitrogens with zero attached hydrogens (tertiary/aromatic N) is 1. The number of anilines is 2. The van der Waals surface area contributed by atoms with Gasteiger partial charge in [-0.05, 0) is 37.3 Å². The highest BCUT2D eigenvalue weighted by atomic mass is 16.6. The van der Waals surface area contributed by atoms with Crippen molar-refractivity contribution in [3.63, 3.8) is 0 Å². The highest BCUT2D eigenvalue weighted by molar-refractivity contribution is 6.12. The van der Waals surface area contributed by atoms with Crippen LogP contribution < -0.4 is 24.4 Å². The van der Waals surface area contributed by atoms with E-state index in [1.165, 1.54) is 0 Å². The zero-order valence-corrected chi connectivity index (χ0v) is 17.0. The first kappa shape index (κ1) is 19.1. The Morgan fingerprint density at radius 3 is 2.71 bits per heavy atom. The third-order valence-electron chi connectivity index (χ3n) is 5.36. The standard InChI is InChI=1S/C24H22N2O5/c1-2-29-20-9-5-7-17(22(20)27)23-25-18-8-4-3-6-16(18)24(28)26(23)15-10-11-19-21(14-15)31-13-12-30-19/h3-11,14,23,25,27H,2,12-13H2,1H3/t23-/m0/s1. The third-order valence-corrected chi connectivity index (χ3v) is 5.36. The van der Waals surface area contributed by atoms with E-state index in [1.807, 2.05) is 31.2 Å². The van der Waals surface area contributed by atoms with Crippen LogP contribution in [-0.2, 0) is 0 Å². The van der Waals surface area contributed by atoms with Gasteiger partial charge in [0, 0.05) is 17.3 Å². The molecule has 31 heavy (non-hydrogen) atoms. The van der Waals surface area contributed by atoms with Gasteiger partial charge in [0.1, 0.15) is 19.4 Å². The summed E-state index contributed by atoms with van der Waals surface area (Å²) in [5.74, 6) is 1.41. The van der Waals surface area contributed by atoms with Gasteiger partial charge in [-0.3, -0.25) is 9.69 Å². The predicted octanol–water partition coefficient (Wildman–Crippen LogP) is 4.33. The topological polar surface area (TPSA) is 80.3 Å². The number of benzene rings is 3. The number of nitrogens with one attached hydrogen (secondary N) is 1. The zero-order valence-electron chi connectivity index (χ0n) is 17.0. The molecule has 0 aromatic heterocycles. The highest BCUT2D eigenvalue weighted by Gasteiger charge is 2.36. The second-order valence-electron chi connectivity index (χ2n) is 7.22. The Labute approximate surface area is 179 Å². The van der Waals surface area contributed by atoms with Crippen molar-refractivity contribution in [3.05, 3.63) is 71.8 Å². The second kappa shape index (κ2) is 7.75. The van der Waals surface area contributed by atoms with E-state index in [4.69, 9.17) is 14.2 Å². The molecular formula is C24H22N2O5. The SMILES string of the molecule is CCOc1cccc([C@H]2Nc3ccccc3C(=O)N2c2ccc3c(c2)OCCO3)c1O. The van der Waals surface area contributed by atoms with Crippen LogP contribution in [0.25, 0.3) is 0 Å². The number of hydrogen-bond acceptors (Lipinski definition) is 6. The van der Waals surface area contributed by atoms with Gasteiger partial charge in [0.15, 0.2) is 23.0 Å². The number of fused-ring (bicyclic) bond motifs is 2. The fourth-order valence-electron chi connectivity index (χ4n) is 3.95. The van der Waals surface area contributed by atoms with Crippen LogP contribution in [0.3, 0.4) is 0 Å². The van der Waals surface area contributed by atoms with Crippen LogP contribution in [0.2, 0.25) is 0 Å². The Kier molecular flexibility index (Phi) is 4.78. The van der Waals surface area contributed by atoms with Crippen molar-refractivity contribution in [2.24, 2.45) is 0 Å². The smallest absolute Gasteiger partial charge is 0.262 e. The molecule has 7 nitrogen and oxygen atoms in total. The van der Waals surface area contributed by atoms with Gasteiger partial charge in [-0.25, -0.2) is 0 Å². The summed E-state index contributed by atoms with van der Waals surface area (Å²) in [6, 6.07) is 18.0. The van der Waals surface area contributed by atoms with E-state index < -0.39 is 6.17 Å². The second-order valence-corrected chi connectivity index (χ2v) is 7.22. The van der Waals surface area contributed by atoms with Crippen molar-refractivity contribution >= 4 is 17.3 Å². The molecule has 0 saturated carbocycles. The van der Waals surface area contributed by atoms with Gasteiger partial charge in [-0.15, -0.1) is 0 Å². The van der Waals surface area contributed by atoms with Gasteiger partial charge in [0.05, 0.1) is 17.9 Å².